The highest BCUT2D eigenvalue weighted by atomic mass is 32.1. The van der Waals surface area contributed by atoms with E-state index in [0.717, 1.165) is 29.2 Å². The van der Waals surface area contributed by atoms with Crippen LogP contribution in [-0.4, -0.2) is 49.3 Å². The van der Waals surface area contributed by atoms with E-state index in [9.17, 15) is 4.79 Å². The SMILES string of the molecule is CCc1noc(-c2cnc(C)nc2N2CCC(C(=O)Nc3nnc(C4CC4)s3)CC2)n1. The van der Waals surface area contributed by atoms with Crippen LogP contribution < -0.4 is 10.2 Å². The summed E-state index contributed by atoms with van der Waals surface area (Å²) in [6, 6.07) is 0. The Balaban J connectivity index is 1.25. The third-order valence-electron chi connectivity index (χ3n) is 5.67. The highest BCUT2D eigenvalue weighted by Crippen LogP contribution is 2.42. The molecule has 1 saturated heterocycles. The number of amides is 1. The molecule has 0 spiro atoms. The number of nitrogens with one attached hydrogen (secondary N) is 1. The van der Waals surface area contributed by atoms with Crippen LogP contribution in [0.3, 0.4) is 0 Å². The Morgan fingerprint density at radius 1 is 1.23 bits per heavy atom. The molecule has 2 aliphatic rings. The molecule has 3 aromatic heterocycles. The number of carbonyl (C=O) groups excluding carboxylic acids is 1. The number of aryl methyl sites for hydroxylation is 2. The maximum Gasteiger partial charge on any atom is 0.263 e. The fourth-order valence-electron chi connectivity index (χ4n) is 3.70. The van der Waals surface area contributed by atoms with Crippen molar-refractivity contribution < 1.29 is 9.32 Å². The molecule has 1 saturated carbocycles. The summed E-state index contributed by atoms with van der Waals surface area (Å²) in [5.74, 6) is 3.03. The quantitative estimate of drug-likeness (QED) is 0.616. The Morgan fingerprint density at radius 2 is 2.03 bits per heavy atom. The zero-order chi connectivity index (χ0) is 21.4. The molecule has 1 aliphatic heterocycles. The van der Waals surface area contributed by atoms with E-state index in [4.69, 9.17) is 4.52 Å². The third kappa shape index (κ3) is 4.27. The van der Waals surface area contributed by atoms with E-state index in [1.54, 1.807) is 6.20 Å². The normalized spacial score (nSPS) is 17.2. The maximum absolute atomic E-state index is 12.7. The molecule has 0 aromatic carbocycles. The van der Waals surface area contributed by atoms with Crippen molar-refractivity contribution in [1.29, 1.82) is 0 Å². The lowest BCUT2D eigenvalue weighted by atomic mass is 9.96. The van der Waals surface area contributed by atoms with Crippen molar-refractivity contribution in [3.8, 4) is 11.5 Å². The summed E-state index contributed by atoms with van der Waals surface area (Å²) in [5, 5.41) is 16.9. The van der Waals surface area contributed by atoms with E-state index in [2.05, 4.69) is 40.5 Å². The van der Waals surface area contributed by atoms with Gasteiger partial charge in [0.2, 0.25) is 11.0 Å². The van der Waals surface area contributed by atoms with Gasteiger partial charge in [-0.1, -0.05) is 23.4 Å². The first-order valence-electron chi connectivity index (χ1n) is 10.7. The van der Waals surface area contributed by atoms with Crippen LogP contribution in [0.1, 0.15) is 55.2 Å². The molecule has 0 radical (unpaired) electrons. The molecular formula is C20H24N8O2S. The predicted molar refractivity (Wildman–Crippen MR) is 115 cm³/mol. The van der Waals surface area contributed by atoms with Crippen molar-refractivity contribution >= 4 is 28.2 Å². The summed E-state index contributed by atoms with van der Waals surface area (Å²) in [5.41, 5.74) is 0.724. The van der Waals surface area contributed by atoms with Gasteiger partial charge in [-0.25, -0.2) is 9.97 Å². The fraction of sp³-hybridized carbons (Fsp3) is 0.550. The van der Waals surface area contributed by atoms with Crippen molar-refractivity contribution in [1.82, 2.24) is 30.3 Å². The molecule has 11 heteroatoms. The number of nitrogens with zero attached hydrogens (tertiary/aromatic N) is 7. The van der Waals surface area contributed by atoms with Gasteiger partial charge >= 0.3 is 0 Å². The fourth-order valence-corrected chi connectivity index (χ4v) is 4.61. The maximum atomic E-state index is 12.7. The lowest BCUT2D eigenvalue weighted by Gasteiger charge is -2.32. The van der Waals surface area contributed by atoms with Crippen LogP contribution in [0.25, 0.3) is 11.5 Å². The highest BCUT2D eigenvalue weighted by Gasteiger charge is 2.30. The van der Waals surface area contributed by atoms with E-state index in [0.29, 0.717) is 48.1 Å². The molecular weight excluding hydrogens is 416 g/mol. The summed E-state index contributed by atoms with van der Waals surface area (Å²) in [4.78, 5) is 28.3. The van der Waals surface area contributed by atoms with Crippen LogP contribution in [0.4, 0.5) is 10.9 Å². The van der Waals surface area contributed by atoms with Gasteiger partial charge in [0.15, 0.2) is 5.82 Å². The second-order valence-electron chi connectivity index (χ2n) is 7.99. The van der Waals surface area contributed by atoms with E-state index in [1.807, 2.05) is 13.8 Å². The Kier molecular flexibility index (Phi) is 5.34. The van der Waals surface area contributed by atoms with Crippen LogP contribution >= 0.6 is 11.3 Å². The third-order valence-corrected chi connectivity index (χ3v) is 6.67. The number of rotatable bonds is 6. The lowest BCUT2D eigenvalue weighted by Crippen LogP contribution is -2.39. The minimum atomic E-state index is -0.0639. The predicted octanol–water partition coefficient (Wildman–Crippen LogP) is 2.98. The van der Waals surface area contributed by atoms with Gasteiger partial charge in [0, 0.05) is 37.5 Å². The molecule has 1 amide bonds. The van der Waals surface area contributed by atoms with Gasteiger partial charge in [-0.2, -0.15) is 4.98 Å². The van der Waals surface area contributed by atoms with Crippen molar-refractivity contribution in [2.75, 3.05) is 23.3 Å². The first-order chi connectivity index (χ1) is 15.1. The molecule has 3 aromatic rings. The summed E-state index contributed by atoms with van der Waals surface area (Å²) < 4.78 is 5.42. The molecule has 0 unspecified atom stereocenters. The number of aromatic nitrogens is 6. The zero-order valence-corrected chi connectivity index (χ0v) is 18.4. The van der Waals surface area contributed by atoms with Crippen LogP contribution in [0.5, 0.6) is 0 Å². The molecule has 10 nitrogen and oxygen atoms in total. The van der Waals surface area contributed by atoms with Crippen molar-refractivity contribution in [2.45, 2.75) is 51.9 Å². The number of anilines is 2. The van der Waals surface area contributed by atoms with Crippen LogP contribution in [0.15, 0.2) is 10.7 Å². The smallest absolute Gasteiger partial charge is 0.263 e. The molecule has 4 heterocycles. The average molecular weight is 441 g/mol. The highest BCUT2D eigenvalue weighted by molar-refractivity contribution is 7.15. The van der Waals surface area contributed by atoms with E-state index >= 15 is 0 Å². The monoisotopic (exact) mass is 440 g/mol. The van der Waals surface area contributed by atoms with Crippen molar-refractivity contribution in [2.24, 2.45) is 5.92 Å². The average Bonchev–Trinajstić information content (AvgIpc) is 3.34. The number of carbonyl (C=O) groups is 1. The zero-order valence-electron chi connectivity index (χ0n) is 17.5. The van der Waals surface area contributed by atoms with Crippen molar-refractivity contribution in [3.63, 3.8) is 0 Å². The molecule has 0 bridgehead atoms. The van der Waals surface area contributed by atoms with Gasteiger partial charge in [0.1, 0.15) is 22.2 Å². The largest absolute Gasteiger partial charge is 0.356 e. The standard InChI is InChI=1S/C20H24N8O2S/c1-3-15-23-18(30-27-15)14-10-21-11(2)22-16(14)28-8-6-12(7-9-28)17(29)24-20-26-25-19(31-20)13-4-5-13/h10,12-13H,3-9H2,1-2H3,(H,24,26,29). The molecule has 0 atom stereocenters. The Bertz CT molecular complexity index is 1080. The van der Waals surface area contributed by atoms with Crippen LogP contribution in [0, 0.1) is 12.8 Å². The van der Waals surface area contributed by atoms with Gasteiger partial charge in [0.05, 0.1) is 0 Å². The van der Waals surface area contributed by atoms with Crippen molar-refractivity contribution in [3.05, 3.63) is 22.9 Å². The molecule has 2 fully saturated rings. The first kappa shape index (κ1) is 20.0. The van der Waals surface area contributed by atoms with Gasteiger partial charge < -0.3 is 14.7 Å². The molecule has 162 valence electrons. The minimum Gasteiger partial charge on any atom is -0.356 e. The molecule has 1 aliphatic carbocycles. The van der Waals surface area contributed by atoms with Gasteiger partial charge in [0.25, 0.3) is 5.89 Å². The van der Waals surface area contributed by atoms with E-state index in [1.165, 1.54) is 24.2 Å². The van der Waals surface area contributed by atoms with Gasteiger partial charge in [-0.05, 0) is 32.6 Å². The Labute approximate surface area is 183 Å². The van der Waals surface area contributed by atoms with Crippen LogP contribution in [0.2, 0.25) is 0 Å². The number of piperidine rings is 1. The van der Waals surface area contributed by atoms with Gasteiger partial charge in [-0.3, -0.25) is 4.79 Å². The first-order valence-corrected chi connectivity index (χ1v) is 11.5. The summed E-state index contributed by atoms with van der Waals surface area (Å²) in [6.45, 7) is 5.25. The number of hydrogen-bond donors (Lipinski definition) is 1. The number of hydrogen-bond acceptors (Lipinski definition) is 10. The second kappa shape index (κ2) is 8.29. The Hall–Kier alpha value is -2.95. The molecule has 5 rings (SSSR count). The van der Waals surface area contributed by atoms with Gasteiger partial charge in [-0.15, -0.1) is 10.2 Å². The van der Waals surface area contributed by atoms with E-state index in [-0.39, 0.29) is 11.8 Å². The topological polar surface area (TPSA) is 123 Å². The minimum absolute atomic E-state index is 0.0155. The lowest BCUT2D eigenvalue weighted by molar-refractivity contribution is -0.120. The van der Waals surface area contributed by atoms with E-state index < -0.39 is 0 Å². The molecule has 1 N–H and O–H groups in total. The second-order valence-corrected chi connectivity index (χ2v) is 9.00. The summed E-state index contributed by atoms with van der Waals surface area (Å²) >= 11 is 1.49. The summed E-state index contributed by atoms with van der Waals surface area (Å²) in [7, 11) is 0. The Morgan fingerprint density at radius 3 is 2.74 bits per heavy atom. The molecule has 31 heavy (non-hydrogen) atoms. The summed E-state index contributed by atoms with van der Waals surface area (Å²) in [6.07, 6.45) is 6.24. The van der Waals surface area contributed by atoms with Crippen LogP contribution in [-0.2, 0) is 11.2 Å².